The number of amides is 1. The lowest BCUT2D eigenvalue weighted by molar-refractivity contribution is -0.135. The second-order valence-corrected chi connectivity index (χ2v) is 6.08. The van der Waals surface area contributed by atoms with E-state index in [2.05, 4.69) is 12.2 Å². The zero-order valence-electron chi connectivity index (χ0n) is 11.1. The first-order valence-corrected chi connectivity index (χ1v) is 7.15. The van der Waals surface area contributed by atoms with E-state index in [1.165, 1.54) is 32.1 Å². The average molecular weight is 238 g/mol. The van der Waals surface area contributed by atoms with Crippen LogP contribution in [0.4, 0.5) is 0 Å². The van der Waals surface area contributed by atoms with Crippen LogP contribution in [0.25, 0.3) is 0 Å². The van der Waals surface area contributed by atoms with Crippen LogP contribution in [0.3, 0.4) is 0 Å². The SMILES string of the molecule is CCC1(CNC(=O)C2(CN)CCC2)CCCC1. The summed E-state index contributed by atoms with van der Waals surface area (Å²) in [6, 6.07) is 0. The molecule has 3 N–H and O–H groups in total. The Kier molecular flexibility index (Phi) is 3.76. The summed E-state index contributed by atoms with van der Waals surface area (Å²) in [5, 5.41) is 3.19. The largest absolute Gasteiger partial charge is 0.355 e. The van der Waals surface area contributed by atoms with Crippen molar-refractivity contribution in [2.45, 2.75) is 58.3 Å². The smallest absolute Gasteiger partial charge is 0.227 e. The maximum atomic E-state index is 12.2. The molecule has 0 aromatic rings. The standard InChI is InChI=1S/C14H26N2O/c1-2-13(6-3-4-7-13)11-16-12(17)14(10-15)8-5-9-14/h2-11,15H2,1H3,(H,16,17). The molecule has 98 valence electrons. The molecule has 0 unspecified atom stereocenters. The molecule has 3 nitrogen and oxygen atoms in total. The van der Waals surface area contributed by atoms with E-state index < -0.39 is 0 Å². The minimum atomic E-state index is -0.215. The maximum Gasteiger partial charge on any atom is 0.227 e. The van der Waals surface area contributed by atoms with Gasteiger partial charge in [0.05, 0.1) is 5.41 Å². The van der Waals surface area contributed by atoms with E-state index in [4.69, 9.17) is 5.73 Å². The van der Waals surface area contributed by atoms with Crippen molar-refractivity contribution < 1.29 is 4.79 Å². The summed E-state index contributed by atoms with van der Waals surface area (Å²) in [7, 11) is 0. The Morgan fingerprint density at radius 1 is 1.18 bits per heavy atom. The molecule has 0 atom stereocenters. The molecule has 3 heteroatoms. The molecule has 0 aromatic heterocycles. The second kappa shape index (κ2) is 4.97. The van der Waals surface area contributed by atoms with Crippen molar-refractivity contribution in [3.8, 4) is 0 Å². The number of hydrogen-bond donors (Lipinski definition) is 2. The van der Waals surface area contributed by atoms with E-state index in [1.54, 1.807) is 0 Å². The van der Waals surface area contributed by atoms with Crippen LogP contribution in [0, 0.1) is 10.8 Å². The van der Waals surface area contributed by atoms with Gasteiger partial charge in [-0.3, -0.25) is 4.79 Å². The third kappa shape index (κ3) is 2.35. The van der Waals surface area contributed by atoms with Crippen LogP contribution in [0.2, 0.25) is 0 Å². The molecule has 2 aliphatic rings. The summed E-state index contributed by atoms with van der Waals surface area (Å²) in [5.41, 5.74) is 5.93. The fraction of sp³-hybridized carbons (Fsp3) is 0.929. The molecule has 0 bridgehead atoms. The Labute approximate surface area is 105 Å². The summed E-state index contributed by atoms with van der Waals surface area (Å²) in [4.78, 5) is 12.2. The molecule has 0 saturated heterocycles. The van der Waals surface area contributed by atoms with E-state index in [0.29, 0.717) is 12.0 Å². The number of carbonyl (C=O) groups is 1. The molecule has 0 spiro atoms. The fourth-order valence-corrected chi connectivity index (χ4v) is 3.36. The third-order valence-corrected chi connectivity index (χ3v) is 5.22. The summed E-state index contributed by atoms with van der Waals surface area (Å²) in [5.74, 6) is 0.214. The lowest BCUT2D eigenvalue weighted by atomic mass is 9.68. The predicted molar refractivity (Wildman–Crippen MR) is 69.5 cm³/mol. The fourth-order valence-electron chi connectivity index (χ4n) is 3.36. The van der Waals surface area contributed by atoms with Gasteiger partial charge in [-0.15, -0.1) is 0 Å². The zero-order chi connectivity index (χ0) is 12.4. The summed E-state index contributed by atoms with van der Waals surface area (Å²) < 4.78 is 0. The maximum absolute atomic E-state index is 12.2. The van der Waals surface area contributed by atoms with Crippen molar-refractivity contribution in [1.29, 1.82) is 0 Å². The van der Waals surface area contributed by atoms with Gasteiger partial charge in [0.1, 0.15) is 0 Å². The molecule has 2 saturated carbocycles. The first-order chi connectivity index (χ1) is 8.16. The summed E-state index contributed by atoms with van der Waals surface area (Å²) >= 11 is 0. The number of rotatable bonds is 5. The van der Waals surface area contributed by atoms with Gasteiger partial charge in [0.2, 0.25) is 5.91 Å². The molecule has 0 aliphatic heterocycles. The van der Waals surface area contributed by atoms with Crippen molar-refractivity contribution in [1.82, 2.24) is 5.32 Å². The van der Waals surface area contributed by atoms with Gasteiger partial charge in [-0.2, -0.15) is 0 Å². The molecule has 0 heterocycles. The minimum Gasteiger partial charge on any atom is -0.355 e. The van der Waals surface area contributed by atoms with Crippen LogP contribution in [0.15, 0.2) is 0 Å². The molecular weight excluding hydrogens is 212 g/mol. The van der Waals surface area contributed by atoms with Crippen LogP contribution in [-0.2, 0) is 4.79 Å². The molecule has 2 rings (SSSR count). The number of carbonyl (C=O) groups excluding carboxylic acids is 1. The van der Waals surface area contributed by atoms with E-state index in [1.807, 2.05) is 0 Å². The van der Waals surface area contributed by atoms with Gasteiger partial charge in [0.15, 0.2) is 0 Å². The van der Waals surface area contributed by atoms with Crippen LogP contribution >= 0.6 is 0 Å². The van der Waals surface area contributed by atoms with Crippen molar-refractivity contribution in [3.63, 3.8) is 0 Å². The number of nitrogens with two attached hydrogens (primary N) is 1. The van der Waals surface area contributed by atoms with Crippen molar-refractivity contribution in [2.75, 3.05) is 13.1 Å². The van der Waals surface area contributed by atoms with E-state index in [-0.39, 0.29) is 11.3 Å². The normalized spacial score (nSPS) is 25.3. The zero-order valence-corrected chi connectivity index (χ0v) is 11.1. The van der Waals surface area contributed by atoms with Gasteiger partial charge in [-0.1, -0.05) is 26.2 Å². The van der Waals surface area contributed by atoms with Gasteiger partial charge in [-0.25, -0.2) is 0 Å². The highest BCUT2D eigenvalue weighted by Crippen LogP contribution is 2.42. The Morgan fingerprint density at radius 2 is 1.82 bits per heavy atom. The summed E-state index contributed by atoms with van der Waals surface area (Å²) in [6.45, 7) is 3.63. The highest BCUT2D eigenvalue weighted by molar-refractivity contribution is 5.83. The van der Waals surface area contributed by atoms with Crippen molar-refractivity contribution >= 4 is 5.91 Å². The van der Waals surface area contributed by atoms with E-state index in [0.717, 1.165) is 25.8 Å². The van der Waals surface area contributed by atoms with Crippen LogP contribution < -0.4 is 11.1 Å². The highest BCUT2D eigenvalue weighted by Gasteiger charge is 2.43. The lowest BCUT2D eigenvalue weighted by Crippen LogP contribution is -2.52. The van der Waals surface area contributed by atoms with E-state index >= 15 is 0 Å². The molecule has 0 aromatic carbocycles. The Morgan fingerprint density at radius 3 is 2.24 bits per heavy atom. The Bertz CT molecular complexity index is 272. The topological polar surface area (TPSA) is 55.1 Å². The molecule has 2 fully saturated rings. The molecular formula is C14H26N2O. The predicted octanol–water partition coefficient (Wildman–Crippen LogP) is 2.20. The Hall–Kier alpha value is -0.570. The third-order valence-electron chi connectivity index (χ3n) is 5.22. The van der Waals surface area contributed by atoms with Crippen LogP contribution in [0.5, 0.6) is 0 Å². The monoisotopic (exact) mass is 238 g/mol. The first kappa shape index (κ1) is 12.9. The first-order valence-electron chi connectivity index (χ1n) is 7.15. The van der Waals surface area contributed by atoms with Crippen molar-refractivity contribution in [3.05, 3.63) is 0 Å². The second-order valence-electron chi connectivity index (χ2n) is 6.08. The molecule has 2 aliphatic carbocycles. The highest BCUT2D eigenvalue weighted by atomic mass is 16.2. The lowest BCUT2D eigenvalue weighted by Gasteiger charge is -2.40. The number of hydrogen-bond acceptors (Lipinski definition) is 2. The Balaban J connectivity index is 1.87. The van der Waals surface area contributed by atoms with E-state index in [9.17, 15) is 4.79 Å². The molecule has 17 heavy (non-hydrogen) atoms. The minimum absolute atomic E-state index is 0.214. The van der Waals surface area contributed by atoms with Gasteiger partial charge < -0.3 is 11.1 Å². The van der Waals surface area contributed by atoms with Crippen LogP contribution in [-0.4, -0.2) is 19.0 Å². The van der Waals surface area contributed by atoms with Gasteiger partial charge >= 0.3 is 0 Å². The molecule has 0 radical (unpaired) electrons. The quantitative estimate of drug-likeness (QED) is 0.771. The van der Waals surface area contributed by atoms with Crippen LogP contribution in [0.1, 0.15) is 58.3 Å². The number of nitrogens with one attached hydrogen (secondary N) is 1. The average Bonchev–Trinajstić information content (AvgIpc) is 2.75. The summed E-state index contributed by atoms with van der Waals surface area (Å²) in [6.07, 6.45) is 9.51. The van der Waals surface area contributed by atoms with Gasteiger partial charge in [0, 0.05) is 13.1 Å². The van der Waals surface area contributed by atoms with Gasteiger partial charge in [-0.05, 0) is 37.5 Å². The van der Waals surface area contributed by atoms with Crippen molar-refractivity contribution in [2.24, 2.45) is 16.6 Å². The molecule has 1 amide bonds. The van der Waals surface area contributed by atoms with Gasteiger partial charge in [0.25, 0.3) is 0 Å².